The number of halogens is 1. The monoisotopic (exact) mass is 312 g/mol. The van der Waals surface area contributed by atoms with Gasteiger partial charge in [0.1, 0.15) is 17.7 Å². The number of ether oxygens (including phenoxy) is 1. The predicted octanol–water partition coefficient (Wildman–Crippen LogP) is 2.54. The van der Waals surface area contributed by atoms with Crippen LogP contribution in [-0.2, 0) is 11.3 Å². The van der Waals surface area contributed by atoms with E-state index >= 15 is 0 Å². The minimum atomic E-state index is -0.243. The molecule has 1 saturated heterocycles. The van der Waals surface area contributed by atoms with Gasteiger partial charge in [-0.1, -0.05) is 6.07 Å². The molecule has 1 fully saturated rings. The average Bonchev–Trinajstić information content (AvgIpc) is 2.61. The molecule has 0 saturated carbocycles. The van der Waals surface area contributed by atoms with Crippen molar-refractivity contribution in [3.63, 3.8) is 0 Å². The summed E-state index contributed by atoms with van der Waals surface area (Å²) in [4.78, 5) is 6.12. The summed E-state index contributed by atoms with van der Waals surface area (Å²) in [6.45, 7) is 3.06. The number of morpholine rings is 1. The maximum absolute atomic E-state index is 14.3. The van der Waals surface area contributed by atoms with Gasteiger partial charge in [0, 0.05) is 25.8 Å². The van der Waals surface area contributed by atoms with Gasteiger partial charge < -0.3 is 15.0 Å². The van der Waals surface area contributed by atoms with E-state index in [2.05, 4.69) is 16.4 Å². The highest BCUT2D eigenvalue weighted by molar-refractivity contribution is 5.53. The lowest BCUT2D eigenvalue weighted by Gasteiger charge is -2.29. The van der Waals surface area contributed by atoms with Crippen molar-refractivity contribution in [3.05, 3.63) is 53.5 Å². The molecule has 1 N–H and O–H groups in total. The molecule has 0 aliphatic carbocycles. The maximum atomic E-state index is 14.3. The van der Waals surface area contributed by atoms with E-state index < -0.39 is 0 Å². The molecule has 0 radical (unpaired) electrons. The Kier molecular flexibility index (Phi) is 4.69. The molecule has 5 nitrogen and oxygen atoms in total. The molecule has 1 aromatic heterocycles. The molecule has 1 aliphatic heterocycles. The van der Waals surface area contributed by atoms with Gasteiger partial charge in [0.25, 0.3) is 0 Å². The Balaban J connectivity index is 1.69. The van der Waals surface area contributed by atoms with Crippen LogP contribution < -0.4 is 10.2 Å². The molecular formula is C17H17FN4O. The predicted molar refractivity (Wildman–Crippen MR) is 85.7 cm³/mol. The topological polar surface area (TPSA) is 61.2 Å². The van der Waals surface area contributed by atoms with E-state index in [-0.39, 0.29) is 5.82 Å². The SMILES string of the molecule is N#Cc1cccnc1NCc1ccc(N2CCOCC2)c(F)c1. The zero-order chi connectivity index (χ0) is 16.1. The summed E-state index contributed by atoms with van der Waals surface area (Å²) in [6, 6.07) is 10.7. The molecule has 0 unspecified atom stereocenters. The van der Waals surface area contributed by atoms with E-state index in [9.17, 15) is 4.39 Å². The number of nitriles is 1. The second-order valence-electron chi connectivity index (χ2n) is 5.25. The Bertz CT molecular complexity index is 723. The minimum Gasteiger partial charge on any atom is -0.378 e. The van der Waals surface area contributed by atoms with Crippen LogP contribution in [0.25, 0.3) is 0 Å². The van der Waals surface area contributed by atoms with Gasteiger partial charge in [0.2, 0.25) is 0 Å². The second-order valence-corrected chi connectivity index (χ2v) is 5.25. The number of rotatable bonds is 4. The first kappa shape index (κ1) is 15.3. The number of nitrogens with zero attached hydrogens (tertiary/aromatic N) is 3. The number of anilines is 2. The van der Waals surface area contributed by atoms with Crippen LogP contribution >= 0.6 is 0 Å². The Morgan fingerprint density at radius 2 is 2.13 bits per heavy atom. The molecule has 0 spiro atoms. The van der Waals surface area contributed by atoms with Crippen molar-refractivity contribution >= 4 is 11.5 Å². The summed E-state index contributed by atoms with van der Waals surface area (Å²) in [5, 5.41) is 12.1. The van der Waals surface area contributed by atoms with Gasteiger partial charge in [-0.25, -0.2) is 9.37 Å². The third-order valence-corrected chi connectivity index (χ3v) is 3.75. The van der Waals surface area contributed by atoms with Gasteiger partial charge in [-0.05, 0) is 29.8 Å². The first-order chi connectivity index (χ1) is 11.3. The van der Waals surface area contributed by atoms with Gasteiger partial charge >= 0.3 is 0 Å². The Morgan fingerprint density at radius 3 is 2.87 bits per heavy atom. The third kappa shape index (κ3) is 3.58. The van der Waals surface area contributed by atoms with Crippen LogP contribution in [0.4, 0.5) is 15.9 Å². The third-order valence-electron chi connectivity index (χ3n) is 3.75. The maximum Gasteiger partial charge on any atom is 0.146 e. The lowest BCUT2D eigenvalue weighted by molar-refractivity contribution is 0.122. The van der Waals surface area contributed by atoms with Crippen LogP contribution in [0, 0.1) is 17.1 Å². The first-order valence-electron chi connectivity index (χ1n) is 7.48. The van der Waals surface area contributed by atoms with Crippen LogP contribution in [0.1, 0.15) is 11.1 Å². The van der Waals surface area contributed by atoms with E-state index in [1.165, 1.54) is 6.07 Å². The summed E-state index contributed by atoms with van der Waals surface area (Å²) < 4.78 is 19.6. The number of nitrogens with one attached hydrogen (secondary N) is 1. The van der Waals surface area contributed by atoms with Crippen molar-refractivity contribution < 1.29 is 9.13 Å². The number of aromatic nitrogens is 1. The van der Waals surface area contributed by atoms with Gasteiger partial charge in [-0.15, -0.1) is 0 Å². The molecule has 3 rings (SSSR count). The summed E-state index contributed by atoms with van der Waals surface area (Å²) >= 11 is 0. The average molecular weight is 312 g/mol. The van der Waals surface area contributed by atoms with Crippen molar-refractivity contribution in [1.82, 2.24) is 4.98 Å². The molecule has 118 valence electrons. The van der Waals surface area contributed by atoms with Crippen LogP contribution in [-0.4, -0.2) is 31.3 Å². The van der Waals surface area contributed by atoms with Crippen molar-refractivity contribution in [1.29, 1.82) is 5.26 Å². The van der Waals surface area contributed by atoms with Crippen molar-refractivity contribution in [2.75, 3.05) is 36.5 Å². The summed E-state index contributed by atoms with van der Waals surface area (Å²) in [5.74, 6) is 0.264. The summed E-state index contributed by atoms with van der Waals surface area (Å²) in [5.41, 5.74) is 1.87. The second kappa shape index (κ2) is 7.07. The smallest absolute Gasteiger partial charge is 0.146 e. The molecule has 1 aliphatic rings. The molecule has 2 aromatic rings. The number of hydrogen-bond donors (Lipinski definition) is 1. The lowest BCUT2D eigenvalue weighted by atomic mass is 10.1. The van der Waals surface area contributed by atoms with Gasteiger partial charge in [0.15, 0.2) is 0 Å². The summed E-state index contributed by atoms with van der Waals surface area (Å²) in [6.07, 6.45) is 1.62. The molecule has 23 heavy (non-hydrogen) atoms. The van der Waals surface area contributed by atoms with E-state index in [1.807, 2.05) is 11.0 Å². The van der Waals surface area contributed by atoms with Crippen molar-refractivity contribution in [3.8, 4) is 6.07 Å². The molecular weight excluding hydrogens is 295 g/mol. The van der Waals surface area contributed by atoms with Crippen molar-refractivity contribution in [2.45, 2.75) is 6.54 Å². The van der Waals surface area contributed by atoms with E-state index in [0.717, 1.165) is 5.56 Å². The normalized spacial score (nSPS) is 14.3. The highest BCUT2D eigenvalue weighted by Crippen LogP contribution is 2.22. The first-order valence-corrected chi connectivity index (χ1v) is 7.48. The van der Waals surface area contributed by atoms with Gasteiger partial charge in [-0.3, -0.25) is 0 Å². The van der Waals surface area contributed by atoms with E-state index in [4.69, 9.17) is 10.00 Å². The van der Waals surface area contributed by atoms with Crippen LogP contribution in [0.2, 0.25) is 0 Å². The van der Waals surface area contributed by atoms with Crippen LogP contribution in [0.5, 0.6) is 0 Å². The van der Waals surface area contributed by atoms with Crippen LogP contribution in [0.15, 0.2) is 36.5 Å². The molecule has 6 heteroatoms. The fourth-order valence-corrected chi connectivity index (χ4v) is 2.54. The zero-order valence-electron chi connectivity index (χ0n) is 12.6. The van der Waals surface area contributed by atoms with Gasteiger partial charge in [0.05, 0.1) is 24.5 Å². The van der Waals surface area contributed by atoms with Gasteiger partial charge in [-0.2, -0.15) is 5.26 Å². The quantitative estimate of drug-likeness (QED) is 0.940. The lowest BCUT2D eigenvalue weighted by Crippen LogP contribution is -2.36. The minimum absolute atomic E-state index is 0.243. The fraction of sp³-hybridized carbons (Fsp3) is 0.294. The highest BCUT2D eigenvalue weighted by atomic mass is 19.1. The Hall–Kier alpha value is -2.65. The molecule has 1 aromatic carbocycles. The molecule has 0 bridgehead atoms. The van der Waals surface area contributed by atoms with Crippen molar-refractivity contribution in [2.24, 2.45) is 0 Å². The number of benzene rings is 1. The van der Waals surface area contributed by atoms with E-state index in [1.54, 1.807) is 24.4 Å². The Labute approximate surface area is 134 Å². The highest BCUT2D eigenvalue weighted by Gasteiger charge is 2.15. The molecule has 0 amide bonds. The van der Waals surface area contributed by atoms with E-state index in [0.29, 0.717) is 49.9 Å². The zero-order valence-corrected chi connectivity index (χ0v) is 12.6. The number of hydrogen-bond acceptors (Lipinski definition) is 5. The molecule has 0 atom stereocenters. The molecule has 2 heterocycles. The number of pyridine rings is 1. The standard InChI is InChI=1S/C17H17FN4O/c18-15-10-13(3-4-16(15)22-6-8-23-9-7-22)12-21-17-14(11-19)2-1-5-20-17/h1-5,10H,6-9,12H2,(H,20,21). The largest absolute Gasteiger partial charge is 0.378 e. The Morgan fingerprint density at radius 1 is 1.30 bits per heavy atom. The summed E-state index contributed by atoms with van der Waals surface area (Å²) in [7, 11) is 0. The fourth-order valence-electron chi connectivity index (χ4n) is 2.54. The van der Waals surface area contributed by atoms with Crippen LogP contribution in [0.3, 0.4) is 0 Å².